The molecule has 21 heavy (non-hydrogen) atoms. The van der Waals surface area contributed by atoms with Crippen LogP contribution in [0.5, 0.6) is 0 Å². The molecule has 0 spiro atoms. The maximum atomic E-state index is 13.1. The molecule has 3 heteroatoms. The van der Waals surface area contributed by atoms with Gasteiger partial charge < -0.3 is 10.1 Å². The van der Waals surface area contributed by atoms with Gasteiger partial charge in [-0.25, -0.2) is 4.39 Å². The highest BCUT2D eigenvalue weighted by Gasteiger charge is 2.20. The number of ether oxygens (including phenoxy) is 1. The summed E-state index contributed by atoms with van der Waals surface area (Å²) in [6.07, 6.45) is 2.01. The van der Waals surface area contributed by atoms with E-state index in [9.17, 15) is 4.39 Å². The molecule has 0 heterocycles. The number of hydrogen-bond acceptors (Lipinski definition) is 2. The van der Waals surface area contributed by atoms with E-state index in [0.29, 0.717) is 11.8 Å². The number of nitrogens with one attached hydrogen (secondary N) is 1. The third-order valence-electron chi connectivity index (χ3n) is 3.93. The molecular formula is C18H30FNO. The summed E-state index contributed by atoms with van der Waals surface area (Å²) >= 11 is 0. The maximum Gasteiger partial charge on any atom is 0.123 e. The number of rotatable bonds is 9. The molecule has 1 rings (SSSR count). The number of halogens is 1. The molecule has 1 unspecified atom stereocenters. The molecule has 0 aliphatic heterocycles. The Kier molecular flexibility index (Phi) is 7.33. The molecule has 0 aromatic heterocycles. The number of hydrogen-bond donors (Lipinski definition) is 1. The summed E-state index contributed by atoms with van der Waals surface area (Å²) in [4.78, 5) is 0. The zero-order valence-electron chi connectivity index (χ0n) is 14.1. The highest BCUT2D eigenvalue weighted by Crippen LogP contribution is 2.26. The van der Waals surface area contributed by atoms with Crippen molar-refractivity contribution in [3.8, 4) is 0 Å². The Morgan fingerprint density at radius 1 is 1.14 bits per heavy atom. The van der Waals surface area contributed by atoms with Gasteiger partial charge in [0.15, 0.2) is 0 Å². The fourth-order valence-electron chi connectivity index (χ4n) is 2.29. The van der Waals surface area contributed by atoms with Crippen LogP contribution < -0.4 is 5.32 Å². The normalized spacial score (nSPS) is 13.7. The fraction of sp³-hybridized carbons (Fsp3) is 0.667. The van der Waals surface area contributed by atoms with Crippen molar-refractivity contribution in [3.63, 3.8) is 0 Å². The van der Waals surface area contributed by atoms with Crippen LogP contribution in [0.2, 0.25) is 0 Å². The van der Waals surface area contributed by atoms with Gasteiger partial charge in [0.1, 0.15) is 5.82 Å². The summed E-state index contributed by atoms with van der Waals surface area (Å²) < 4.78 is 18.6. The molecule has 1 aromatic rings. The van der Waals surface area contributed by atoms with Crippen molar-refractivity contribution < 1.29 is 9.13 Å². The molecule has 0 bridgehead atoms. The van der Waals surface area contributed by atoms with E-state index in [1.165, 1.54) is 5.56 Å². The Balaban J connectivity index is 2.67. The van der Waals surface area contributed by atoms with Crippen molar-refractivity contribution in [1.29, 1.82) is 0 Å². The summed E-state index contributed by atoms with van der Waals surface area (Å²) in [7, 11) is 1.75. The zero-order chi connectivity index (χ0) is 15.9. The Morgan fingerprint density at radius 2 is 1.76 bits per heavy atom. The SMILES string of the molecule is COC(C)(C)CCC(CNCC(C)C)c1ccc(F)cc1. The van der Waals surface area contributed by atoms with E-state index in [0.717, 1.165) is 25.9 Å². The summed E-state index contributed by atoms with van der Waals surface area (Å²) in [5.41, 5.74) is 1.08. The number of benzene rings is 1. The minimum absolute atomic E-state index is 0.115. The van der Waals surface area contributed by atoms with Gasteiger partial charge >= 0.3 is 0 Å². The lowest BCUT2D eigenvalue weighted by Crippen LogP contribution is -2.28. The van der Waals surface area contributed by atoms with Crippen molar-refractivity contribution in [2.24, 2.45) is 5.92 Å². The Hall–Kier alpha value is -0.930. The lowest BCUT2D eigenvalue weighted by molar-refractivity contribution is 0.0124. The van der Waals surface area contributed by atoms with Crippen LogP contribution in [0.4, 0.5) is 4.39 Å². The molecule has 0 saturated carbocycles. The second-order valence-corrected chi connectivity index (χ2v) is 6.80. The van der Waals surface area contributed by atoms with Gasteiger partial charge in [-0.2, -0.15) is 0 Å². The van der Waals surface area contributed by atoms with E-state index < -0.39 is 0 Å². The third kappa shape index (κ3) is 7.05. The minimum Gasteiger partial charge on any atom is -0.379 e. The predicted molar refractivity (Wildman–Crippen MR) is 87.2 cm³/mol. The Labute approximate surface area is 129 Å². The van der Waals surface area contributed by atoms with Gasteiger partial charge in [0, 0.05) is 13.7 Å². The average molecular weight is 295 g/mol. The monoisotopic (exact) mass is 295 g/mol. The van der Waals surface area contributed by atoms with Gasteiger partial charge in [-0.3, -0.25) is 0 Å². The van der Waals surface area contributed by atoms with Crippen LogP contribution in [-0.4, -0.2) is 25.8 Å². The molecule has 1 N–H and O–H groups in total. The molecule has 0 saturated heterocycles. The second-order valence-electron chi connectivity index (χ2n) is 6.80. The van der Waals surface area contributed by atoms with Crippen molar-refractivity contribution in [2.75, 3.05) is 20.2 Å². The first-order valence-corrected chi connectivity index (χ1v) is 7.85. The molecule has 0 aliphatic carbocycles. The molecule has 120 valence electrons. The lowest BCUT2D eigenvalue weighted by atomic mass is 9.89. The maximum absolute atomic E-state index is 13.1. The van der Waals surface area contributed by atoms with Crippen molar-refractivity contribution >= 4 is 0 Å². The van der Waals surface area contributed by atoms with Crippen LogP contribution in [0.25, 0.3) is 0 Å². The van der Waals surface area contributed by atoms with Crippen molar-refractivity contribution in [2.45, 2.75) is 52.1 Å². The summed E-state index contributed by atoms with van der Waals surface area (Å²) in [6, 6.07) is 6.90. The summed E-state index contributed by atoms with van der Waals surface area (Å²) in [5, 5.41) is 3.52. The van der Waals surface area contributed by atoms with Crippen LogP contribution in [0, 0.1) is 11.7 Å². The standard InChI is InChI=1S/C18H30FNO/c1-14(2)12-20-13-16(10-11-18(3,4)21-5)15-6-8-17(19)9-7-15/h6-9,14,16,20H,10-13H2,1-5H3. The van der Waals surface area contributed by atoms with E-state index in [2.05, 4.69) is 33.0 Å². The fourth-order valence-corrected chi connectivity index (χ4v) is 2.29. The molecule has 0 amide bonds. The second kappa shape index (κ2) is 8.50. The topological polar surface area (TPSA) is 21.3 Å². The first-order valence-electron chi connectivity index (χ1n) is 7.85. The smallest absolute Gasteiger partial charge is 0.123 e. The van der Waals surface area contributed by atoms with Crippen LogP contribution in [-0.2, 0) is 4.74 Å². The quantitative estimate of drug-likeness (QED) is 0.731. The summed E-state index contributed by atoms with van der Waals surface area (Å²) in [5.74, 6) is 0.845. The van der Waals surface area contributed by atoms with Gasteiger partial charge in [0.05, 0.1) is 5.60 Å². The molecule has 1 aromatic carbocycles. The van der Waals surface area contributed by atoms with Gasteiger partial charge in [-0.15, -0.1) is 0 Å². The van der Waals surface area contributed by atoms with Crippen molar-refractivity contribution in [1.82, 2.24) is 5.32 Å². The van der Waals surface area contributed by atoms with Gasteiger partial charge in [-0.1, -0.05) is 26.0 Å². The Bertz CT molecular complexity index is 400. The van der Waals surface area contributed by atoms with Crippen LogP contribution in [0.3, 0.4) is 0 Å². The zero-order valence-corrected chi connectivity index (χ0v) is 14.1. The largest absolute Gasteiger partial charge is 0.379 e. The van der Waals surface area contributed by atoms with Gasteiger partial charge in [0.2, 0.25) is 0 Å². The van der Waals surface area contributed by atoms with Crippen LogP contribution in [0.1, 0.15) is 52.0 Å². The van der Waals surface area contributed by atoms with E-state index in [-0.39, 0.29) is 11.4 Å². The third-order valence-corrected chi connectivity index (χ3v) is 3.93. The molecule has 1 atom stereocenters. The molecular weight excluding hydrogens is 265 g/mol. The molecule has 0 radical (unpaired) electrons. The minimum atomic E-state index is -0.176. The highest BCUT2D eigenvalue weighted by atomic mass is 19.1. The van der Waals surface area contributed by atoms with Crippen LogP contribution >= 0.6 is 0 Å². The molecule has 2 nitrogen and oxygen atoms in total. The first kappa shape index (κ1) is 18.1. The average Bonchev–Trinajstić information content (AvgIpc) is 2.43. The van der Waals surface area contributed by atoms with E-state index >= 15 is 0 Å². The van der Waals surface area contributed by atoms with Gasteiger partial charge in [-0.05, 0) is 62.8 Å². The summed E-state index contributed by atoms with van der Waals surface area (Å²) in [6.45, 7) is 10.5. The predicted octanol–water partition coefficient (Wildman–Crippen LogP) is 4.36. The first-order chi connectivity index (χ1) is 9.84. The van der Waals surface area contributed by atoms with E-state index in [1.807, 2.05) is 12.1 Å². The molecule has 0 aliphatic rings. The Morgan fingerprint density at radius 3 is 2.29 bits per heavy atom. The van der Waals surface area contributed by atoms with E-state index in [4.69, 9.17) is 4.74 Å². The van der Waals surface area contributed by atoms with Crippen molar-refractivity contribution in [3.05, 3.63) is 35.6 Å². The number of methoxy groups -OCH3 is 1. The highest BCUT2D eigenvalue weighted by molar-refractivity contribution is 5.21. The molecule has 0 fully saturated rings. The van der Waals surface area contributed by atoms with Gasteiger partial charge in [0.25, 0.3) is 0 Å². The van der Waals surface area contributed by atoms with Crippen LogP contribution in [0.15, 0.2) is 24.3 Å². The van der Waals surface area contributed by atoms with E-state index in [1.54, 1.807) is 19.2 Å². The lowest BCUT2D eigenvalue weighted by Gasteiger charge is -2.26.